The molecule has 1 aromatic heterocycles. The van der Waals surface area contributed by atoms with Crippen molar-refractivity contribution in [3.63, 3.8) is 0 Å². The van der Waals surface area contributed by atoms with E-state index in [2.05, 4.69) is 9.97 Å². The van der Waals surface area contributed by atoms with Crippen molar-refractivity contribution < 1.29 is 18.0 Å². The number of ketones is 1. The molecular formula is C18H20F3N5O. The Morgan fingerprint density at radius 2 is 1.85 bits per heavy atom. The first kappa shape index (κ1) is 19.1. The molecule has 4 N–H and O–H groups in total. The number of aromatic nitrogens is 2. The van der Waals surface area contributed by atoms with Crippen LogP contribution in [0.2, 0.25) is 0 Å². The molecule has 0 amide bonds. The molecule has 1 saturated heterocycles. The average Bonchev–Trinajstić information content (AvgIpc) is 2.62. The molecule has 1 aliphatic heterocycles. The van der Waals surface area contributed by atoms with E-state index in [4.69, 9.17) is 11.5 Å². The van der Waals surface area contributed by atoms with Crippen LogP contribution in [0.15, 0.2) is 30.6 Å². The van der Waals surface area contributed by atoms with Gasteiger partial charge < -0.3 is 16.4 Å². The molecule has 0 aliphatic carbocycles. The molecule has 0 spiro atoms. The number of benzene rings is 1. The van der Waals surface area contributed by atoms with Crippen molar-refractivity contribution >= 4 is 17.3 Å². The van der Waals surface area contributed by atoms with E-state index in [1.807, 2.05) is 4.90 Å². The van der Waals surface area contributed by atoms with E-state index in [0.717, 1.165) is 25.0 Å². The lowest BCUT2D eigenvalue weighted by Gasteiger charge is -2.33. The Hall–Kier alpha value is -2.68. The van der Waals surface area contributed by atoms with Gasteiger partial charge in [-0.25, -0.2) is 9.97 Å². The number of hydrogen-bond acceptors (Lipinski definition) is 6. The molecular weight excluding hydrogens is 359 g/mol. The SMILES string of the molecule is Nc1nccnc1C(=O)Cc1cc(C(F)(F)F)ccc1N1CCC(N)CC1. The number of rotatable bonds is 4. The number of nitrogen functional groups attached to an aromatic ring is 1. The van der Waals surface area contributed by atoms with Crippen LogP contribution in [0.4, 0.5) is 24.7 Å². The van der Waals surface area contributed by atoms with E-state index in [1.165, 1.54) is 18.5 Å². The van der Waals surface area contributed by atoms with Crippen LogP contribution in [0.25, 0.3) is 0 Å². The Kier molecular flexibility index (Phi) is 5.31. The summed E-state index contributed by atoms with van der Waals surface area (Å²) in [5, 5.41) is 0. The molecule has 1 aromatic carbocycles. The highest BCUT2D eigenvalue weighted by molar-refractivity contribution is 5.99. The fraction of sp³-hybridized carbons (Fsp3) is 0.389. The van der Waals surface area contributed by atoms with Crippen molar-refractivity contribution in [2.75, 3.05) is 23.7 Å². The van der Waals surface area contributed by atoms with Gasteiger partial charge in [-0.2, -0.15) is 13.2 Å². The summed E-state index contributed by atoms with van der Waals surface area (Å²) in [5.41, 5.74) is 11.6. The van der Waals surface area contributed by atoms with Crippen molar-refractivity contribution in [3.8, 4) is 0 Å². The maximum absolute atomic E-state index is 13.2. The Morgan fingerprint density at radius 3 is 2.48 bits per heavy atom. The van der Waals surface area contributed by atoms with Gasteiger partial charge in [-0.1, -0.05) is 0 Å². The predicted molar refractivity (Wildman–Crippen MR) is 95.3 cm³/mol. The highest BCUT2D eigenvalue weighted by atomic mass is 19.4. The molecule has 2 heterocycles. The maximum Gasteiger partial charge on any atom is 0.416 e. The number of piperidine rings is 1. The third kappa shape index (κ3) is 4.36. The number of carbonyl (C=O) groups is 1. The number of Topliss-reactive ketones (excluding diaryl/α,β-unsaturated/α-hetero) is 1. The highest BCUT2D eigenvalue weighted by Gasteiger charge is 2.32. The minimum atomic E-state index is -4.49. The summed E-state index contributed by atoms with van der Waals surface area (Å²) in [4.78, 5) is 22.3. The van der Waals surface area contributed by atoms with E-state index in [0.29, 0.717) is 18.8 Å². The standard InChI is InChI=1S/C18H20F3N5O/c19-18(20,21)12-1-2-14(26-7-3-13(22)4-8-26)11(9-12)10-15(27)16-17(23)25-6-5-24-16/h1-2,5-6,9,13H,3-4,7-8,10,22H2,(H2,23,25). The molecule has 2 aromatic rings. The second-order valence-corrected chi connectivity index (χ2v) is 6.56. The second kappa shape index (κ2) is 7.51. The van der Waals surface area contributed by atoms with Crippen LogP contribution in [-0.2, 0) is 12.6 Å². The van der Waals surface area contributed by atoms with Crippen LogP contribution in [0, 0.1) is 0 Å². The van der Waals surface area contributed by atoms with Gasteiger partial charge in [-0.15, -0.1) is 0 Å². The molecule has 0 saturated carbocycles. The van der Waals surface area contributed by atoms with Crippen molar-refractivity contribution in [1.29, 1.82) is 0 Å². The van der Waals surface area contributed by atoms with Crippen molar-refractivity contribution in [1.82, 2.24) is 9.97 Å². The molecule has 6 nitrogen and oxygen atoms in total. The first-order valence-electron chi connectivity index (χ1n) is 8.56. The van der Waals surface area contributed by atoms with Crippen LogP contribution in [0.1, 0.15) is 34.5 Å². The van der Waals surface area contributed by atoms with Gasteiger partial charge in [-0.3, -0.25) is 4.79 Å². The number of anilines is 2. The minimum Gasteiger partial charge on any atom is -0.382 e. The molecule has 0 radical (unpaired) electrons. The Morgan fingerprint density at radius 1 is 1.19 bits per heavy atom. The molecule has 1 aliphatic rings. The van der Waals surface area contributed by atoms with Gasteiger partial charge in [0.25, 0.3) is 0 Å². The Labute approximate surface area is 154 Å². The van der Waals surface area contributed by atoms with E-state index in [9.17, 15) is 18.0 Å². The molecule has 144 valence electrons. The van der Waals surface area contributed by atoms with E-state index >= 15 is 0 Å². The zero-order chi connectivity index (χ0) is 19.6. The largest absolute Gasteiger partial charge is 0.416 e. The molecule has 0 bridgehead atoms. The zero-order valence-corrected chi connectivity index (χ0v) is 14.5. The highest BCUT2D eigenvalue weighted by Crippen LogP contribution is 2.34. The summed E-state index contributed by atoms with van der Waals surface area (Å²) in [7, 11) is 0. The van der Waals surface area contributed by atoms with Gasteiger partial charge in [0.15, 0.2) is 11.6 Å². The summed E-state index contributed by atoms with van der Waals surface area (Å²) < 4.78 is 39.5. The van der Waals surface area contributed by atoms with Crippen molar-refractivity contribution in [2.24, 2.45) is 5.73 Å². The number of halogens is 3. The summed E-state index contributed by atoms with van der Waals surface area (Å²) in [5.74, 6) is -0.519. The fourth-order valence-corrected chi connectivity index (χ4v) is 3.17. The third-order valence-electron chi connectivity index (χ3n) is 4.63. The predicted octanol–water partition coefficient (Wildman–Crippen LogP) is 2.43. The quantitative estimate of drug-likeness (QED) is 0.792. The Balaban J connectivity index is 1.95. The lowest BCUT2D eigenvalue weighted by Crippen LogP contribution is -2.40. The minimum absolute atomic E-state index is 0.0403. The first-order valence-corrected chi connectivity index (χ1v) is 8.56. The van der Waals surface area contributed by atoms with Crippen molar-refractivity contribution in [3.05, 3.63) is 47.4 Å². The first-order chi connectivity index (χ1) is 12.8. The van der Waals surface area contributed by atoms with E-state index < -0.39 is 17.5 Å². The van der Waals surface area contributed by atoms with Crippen LogP contribution in [0.5, 0.6) is 0 Å². The summed E-state index contributed by atoms with van der Waals surface area (Å²) in [6.07, 6.45) is -0.588. The number of alkyl halides is 3. The van der Waals surface area contributed by atoms with Gasteiger partial charge in [0.2, 0.25) is 0 Å². The number of nitrogens with zero attached hydrogens (tertiary/aromatic N) is 3. The molecule has 27 heavy (non-hydrogen) atoms. The summed E-state index contributed by atoms with van der Waals surface area (Å²) in [6, 6.07) is 3.56. The van der Waals surface area contributed by atoms with Gasteiger partial charge in [0, 0.05) is 43.6 Å². The summed E-state index contributed by atoms with van der Waals surface area (Å²) in [6.45, 7) is 1.25. The molecule has 0 atom stereocenters. The summed E-state index contributed by atoms with van der Waals surface area (Å²) >= 11 is 0. The van der Waals surface area contributed by atoms with Crippen LogP contribution in [0.3, 0.4) is 0 Å². The lowest BCUT2D eigenvalue weighted by molar-refractivity contribution is -0.137. The van der Waals surface area contributed by atoms with E-state index in [-0.39, 0.29) is 29.5 Å². The van der Waals surface area contributed by atoms with Crippen LogP contribution in [-0.4, -0.2) is 34.9 Å². The normalized spacial score (nSPS) is 15.8. The van der Waals surface area contributed by atoms with Crippen LogP contribution < -0.4 is 16.4 Å². The smallest absolute Gasteiger partial charge is 0.382 e. The zero-order valence-electron chi connectivity index (χ0n) is 14.5. The monoisotopic (exact) mass is 379 g/mol. The van der Waals surface area contributed by atoms with Crippen molar-refractivity contribution in [2.45, 2.75) is 31.5 Å². The van der Waals surface area contributed by atoms with Gasteiger partial charge in [0.05, 0.1) is 5.56 Å². The number of nitrogens with two attached hydrogens (primary N) is 2. The van der Waals surface area contributed by atoms with E-state index in [1.54, 1.807) is 0 Å². The van der Waals surface area contributed by atoms with Crippen LogP contribution >= 0.6 is 0 Å². The second-order valence-electron chi connectivity index (χ2n) is 6.56. The van der Waals surface area contributed by atoms with Gasteiger partial charge in [0.1, 0.15) is 5.69 Å². The molecule has 0 unspecified atom stereocenters. The van der Waals surface area contributed by atoms with Gasteiger partial charge >= 0.3 is 6.18 Å². The lowest BCUT2D eigenvalue weighted by atomic mass is 9.98. The number of carbonyl (C=O) groups excluding carboxylic acids is 1. The molecule has 1 fully saturated rings. The average molecular weight is 379 g/mol. The van der Waals surface area contributed by atoms with Gasteiger partial charge in [-0.05, 0) is 36.6 Å². The molecule has 9 heteroatoms. The topological polar surface area (TPSA) is 98.1 Å². The fourth-order valence-electron chi connectivity index (χ4n) is 3.17. The number of hydrogen-bond donors (Lipinski definition) is 2. The maximum atomic E-state index is 13.2. The Bertz CT molecular complexity index is 832. The third-order valence-corrected chi connectivity index (χ3v) is 4.63. The molecule has 3 rings (SSSR count).